The van der Waals surface area contributed by atoms with Gasteiger partial charge in [0, 0.05) is 29.5 Å². The van der Waals surface area contributed by atoms with Crippen molar-refractivity contribution in [3.05, 3.63) is 45.4 Å². The molecule has 30 heavy (non-hydrogen) atoms. The number of hydrogen-bond acceptors (Lipinski definition) is 8. The normalized spacial score (nSPS) is 18.1. The van der Waals surface area contributed by atoms with Crippen molar-refractivity contribution in [1.29, 1.82) is 0 Å². The summed E-state index contributed by atoms with van der Waals surface area (Å²) in [5.41, 5.74) is 0.301. The number of thiophene rings is 1. The van der Waals surface area contributed by atoms with Crippen LogP contribution < -0.4 is 5.32 Å². The molecule has 0 aliphatic carbocycles. The molecule has 0 aromatic carbocycles. The highest BCUT2D eigenvalue weighted by Crippen LogP contribution is 2.30. The summed E-state index contributed by atoms with van der Waals surface area (Å²) in [7, 11) is -3.86. The summed E-state index contributed by atoms with van der Waals surface area (Å²) in [4.78, 5) is 17.7. The molecule has 8 nitrogen and oxygen atoms in total. The first-order chi connectivity index (χ1) is 14.4. The van der Waals surface area contributed by atoms with Crippen LogP contribution in [0.15, 0.2) is 38.5 Å². The number of rotatable bonds is 6. The standard InChI is InChI=1S/C19H20N4O4S3/c1-13-17(16(27-22-13)7-6-15-5-3-10-28-15)30(25,26)23-9-2-4-14(12-23)18(24)21-19-20-8-11-29-19/h3,5-8,10-11,14H,2,4,9,12H2,1H3,(H,20,21,24)/b7-6+. The summed E-state index contributed by atoms with van der Waals surface area (Å²) in [5.74, 6) is -0.470. The zero-order valence-electron chi connectivity index (χ0n) is 16.1. The fourth-order valence-electron chi connectivity index (χ4n) is 3.34. The monoisotopic (exact) mass is 464 g/mol. The van der Waals surface area contributed by atoms with Crippen LogP contribution >= 0.6 is 22.7 Å². The van der Waals surface area contributed by atoms with Gasteiger partial charge in [0.15, 0.2) is 15.8 Å². The Bertz CT molecular complexity index is 1130. The van der Waals surface area contributed by atoms with Crippen molar-refractivity contribution >= 4 is 55.9 Å². The molecular formula is C19H20N4O4S3. The summed E-state index contributed by atoms with van der Waals surface area (Å²) in [5, 5.41) is 10.8. The molecule has 1 atom stereocenters. The zero-order chi connectivity index (χ0) is 21.1. The van der Waals surface area contributed by atoms with E-state index < -0.39 is 15.9 Å². The minimum Gasteiger partial charge on any atom is -0.355 e. The van der Waals surface area contributed by atoms with Crippen molar-refractivity contribution in [3.8, 4) is 0 Å². The number of piperidine rings is 1. The van der Waals surface area contributed by atoms with Crippen LogP contribution in [-0.2, 0) is 14.8 Å². The quantitative estimate of drug-likeness (QED) is 0.596. The van der Waals surface area contributed by atoms with Gasteiger partial charge in [-0.1, -0.05) is 11.2 Å². The van der Waals surface area contributed by atoms with Gasteiger partial charge >= 0.3 is 0 Å². The molecule has 0 radical (unpaired) electrons. The first-order valence-electron chi connectivity index (χ1n) is 9.33. The van der Waals surface area contributed by atoms with Crippen molar-refractivity contribution in [2.45, 2.75) is 24.7 Å². The second-order valence-corrected chi connectivity index (χ2v) is 10.6. The maximum Gasteiger partial charge on any atom is 0.248 e. The van der Waals surface area contributed by atoms with Gasteiger partial charge in [-0.3, -0.25) is 4.79 Å². The molecule has 4 heterocycles. The van der Waals surface area contributed by atoms with Crippen LogP contribution in [0.25, 0.3) is 12.2 Å². The average Bonchev–Trinajstić information content (AvgIpc) is 3.49. The van der Waals surface area contributed by atoms with E-state index in [1.165, 1.54) is 27.0 Å². The Morgan fingerprint density at radius 3 is 2.93 bits per heavy atom. The number of aryl methyl sites for hydroxylation is 1. The molecule has 3 aromatic heterocycles. The number of hydrogen-bond donors (Lipinski definition) is 1. The van der Waals surface area contributed by atoms with E-state index in [1.807, 2.05) is 17.5 Å². The van der Waals surface area contributed by atoms with Crippen LogP contribution in [0.4, 0.5) is 5.13 Å². The maximum absolute atomic E-state index is 13.4. The number of carbonyl (C=O) groups is 1. The number of carbonyl (C=O) groups excluding carboxylic acids is 1. The lowest BCUT2D eigenvalue weighted by Crippen LogP contribution is -2.43. The fraction of sp³-hybridized carbons (Fsp3) is 0.316. The summed E-state index contributed by atoms with van der Waals surface area (Å²) in [6.07, 6.45) is 6.24. The van der Waals surface area contributed by atoms with Crippen LogP contribution in [0, 0.1) is 12.8 Å². The summed E-state index contributed by atoms with van der Waals surface area (Å²) in [6.45, 7) is 2.07. The van der Waals surface area contributed by atoms with Gasteiger partial charge in [-0.15, -0.1) is 22.7 Å². The number of nitrogens with one attached hydrogen (secondary N) is 1. The van der Waals surface area contributed by atoms with Gasteiger partial charge in [0.1, 0.15) is 5.69 Å². The second kappa shape index (κ2) is 8.80. The van der Waals surface area contributed by atoms with Crippen LogP contribution in [0.3, 0.4) is 0 Å². The lowest BCUT2D eigenvalue weighted by atomic mass is 9.99. The maximum atomic E-state index is 13.4. The van der Waals surface area contributed by atoms with Gasteiger partial charge in [0.25, 0.3) is 0 Å². The van der Waals surface area contributed by atoms with Crippen molar-refractivity contribution in [3.63, 3.8) is 0 Å². The topological polar surface area (TPSA) is 105 Å². The minimum atomic E-state index is -3.86. The number of thiazole rings is 1. The Morgan fingerprint density at radius 1 is 1.33 bits per heavy atom. The highest BCUT2D eigenvalue weighted by Gasteiger charge is 2.37. The molecule has 1 fully saturated rings. The van der Waals surface area contributed by atoms with E-state index in [9.17, 15) is 13.2 Å². The van der Waals surface area contributed by atoms with Crippen LogP contribution in [0.2, 0.25) is 0 Å². The molecule has 1 N–H and O–H groups in total. The van der Waals surface area contributed by atoms with Crippen LogP contribution in [0.1, 0.15) is 29.2 Å². The van der Waals surface area contributed by atoms with Crippen molar-refractivity contribution in [2.75, 3.05) is 18.4 Å². The van der Waals surface area contributed by atoms with Crippen molar-refractivity contribution in [1.82, 2.24) is 14.4 Å². The Morgan fingerprint density at radius 2 is 2.20 bits per heavy atom. The van der Waals surface area contributed by atoms with E-state index >= 15 is 0 Å². The number of amides is 1. The Labute approximate surface area is 182 Å². The van der Waals surface area contributed by atoms with Gasteiger partial charge in [-0.05, 0) is 43.4 Å². The summed E-state index contributed by atoms with van der Waals surface area (Å²) >= 11 is 2.86. The largest absolute Gasteiger partial charge is 0.355 e. The minimum absolute atomic E-state index is 0.0521. The third-order valence-corrected chi connectivity index (χ3v) is 8.34. The highest BCUT2D eigenvalue weighted by atomic mass is 32.2. The predicted molar refractivity (Wildman–Crippen MR) is 117 cm³/mol. The third-order valence-electron chi connectivity index (χ3n) is 4.79. The molecule has 1 saturated heterocycles. The predicted octanol–water partition coefficient (Wildman–Crippen LogP) is 3.71. The zero-order valence-corrected chi connectivity index (χ0v) is 18.6. The molecule has 1 unspecified atom stereocenters. The summed E-state index contributed by atoms with van der Waals surface area (Å²) < 4.78 is 33.4. The molecule has 0 spiro atoms. The van der Waals surface area contributed by atoms with Gasteiger partial charge in [0.05, 0.1) is 5.92 Å². The van der Waals surface area contributed by atoms with Gasteiger partial charge < -0.3 is 9.84 Å². The second-order valence-electron chi connectivity index (χ2n) is 6.84. The van der Waals surface area contributed by atoms with Gasteiger partial charge in [-0.25, -0.2) is 13.4 Å². The Kier molecular flexibility index (Phi) is 6.14. The summed E-state index contributed by atoms with van der Waals surface area (Å²) in [6, 6.07) is 3.84. The molecule has 0 saturated carbocycles. The molecule has 1 aliphatic rings. The van der Waals surface area contributed by atoms with E-state index in [4.69, 9.17) is 4.52 Å². The number of sulfonamides is 1. The molecular weight excluding hydrogens is 444 g/mol. The Balaban J connectivity index is 1.54. The molecule has 11 heteroatoms. The molecule has 1 amide bonds. The SMILES string of the molecule is Cc1noc(/C=C/c2cccs2)c1S(=O)(=O)N1CCCC(C(=O)Nc2nccs2)C1. The Hall–Kier alpha value is -2.34. The first-order valence-corrected chi connectivity index (χ1v) is 12.5. The van der Waals surface area contributed by atoms with E-state index in [0.29, 0.717) is 30.2 Å². The average molecular weight is 465 g/mol. The van der Waals surface area contributed by atoms with E-state index in [1.54, 1.807) is 30.7 Å². The van der Waals surface area contributed by atoms with E-state index in [-0.39, 0.29) is 23.1 Å². The lowest BCUT2D eigenvalue weighted by molar-refractivity contribution is -0.120. The van der Waals surface area contributed by atoms with E-state index in [2.05, 4.69) is 15.5 Å². The molecule has 3 aromatic rings. The molecule has 158 valence electrons. The molecule has 4 rings (SSSR count). The van der Waals surface area contributed by atoms with Gasteiger partial charge in [0.2, 0.25) is 15.9 Å². The highest BCUT2D eigenvalue weighted by molar-refractivity contribution is 7.89. The molecule has 1 aliphatic heterocycles. The van der Waals surface area contributed by atoms with E-state index in [0.717, 1.165) is 4.88 Å². The number of nitrogens with zero attached hydrogens (tertiary/aromatic N) is 3. The lowest BCUT2D eigenvalue weighted by Gasteiger charge is -2.30. The van der Waals surface area contributed by atoms with Crippen molar-refractivity contribution < 1.29 is 17.7 Å². The number of aromatic nitrogens is 2. The smallest absolute Gasteiger partial charge is 0.248 e. The first kappa shape index (κ1) is 20.9. The third kappa shape index (κ3) is 4.38. The van der Waals surface area contributed by atoms with Crippen molar-refractivity contribution in [2.24, 2.45) is 5.92 Å². The van der Waals surface area contributed by atoms with Crippen LogP contribution in [0.5, 0.6) is 0 Å². The van der Waals surface area contributed by atoms with Gasteiger partial charge in [-0.2, -0.15) is 4.31 Å². The molecule has 0 bridgehead atoms. The fourth-order valence-corrected chi connectivity index (χ4v) is 6.26. The number of anilines is 1. The van der Waals surface area contributed by atoms with Crippen LogP contribution in [-0.4, -0.2) is 41.9 Å².